The van der Waals surface area contributed by atoms with Crippen molar-refractivity contribution in [2.45, 2.75) is 13.1 Å². The predicted octanol–water partition coefficient (Wildman–Crippen LogP) is 13.2. The van der Waals surface area contributed by atoms with Gasteiger partial charge in [-0.15, -0.1) is 11.3 Å². The second-order valence-corrected chi connectivity index (χ2v) is 16.7. The van der Waals surface area contributed by atoms with E-state index < -0.39 is 0 Å². The van der Waals surface area contributed by atoms with Crippen LogP contribution >= 0.6 is 11.3 Å². The van der Waals surface area contributed by atoms with E-state index in [2.05, 4.69) is 88.4 Å². The van der Waals surface area contributed by atoms with Crippen molar-refractivity contribution in [3.63, 3.8) is 0 Å². The molecule has 5 heterocycles. The van der Waals surface area contributed by atoms with Crippen LogP contribution in [0.4, 0.5) is 4.48 Å². The Morgan fingerprint density at radius 1 is 0.500 bits per heavy atom. The van der Waals surface area contributed by atoms with E-state index in [-0.39, 0.29) is 0 Å². The number of hydrogen-bond donors (Lipinski definition) is 0. The Hall–Kier alpha value is -7.72. The minimum Gasteiger partial charge on any atom is -0.309 e. The molecule has 0 radical (unpaired) electrons. The number of halogens is 1. The molecular formula is C53H36FN7S. The Balaban J connectivity index is 0.927. The summed E-state index contributed by atoms with van der Waals surface area (Å²) in [6.07, 6.45) is 5.64. The lowest BCUT2D eigenvalue weighted by Gasteiger charge is -2.30. The highest BCUT2D eigenvalue weighted by Crippen LogP contribution is 2.39. The number of benzene rings is 7. The lowest BCUT2D eigenvalue weighted by Crippen LogP contribution is -2.43. The van der Waals surface area contributed by atoms with Crippen LogP contribution in [0.2, 0.25) is 0 Å². The first-order valence-electron chi connectivity index (χ1n) is 20.6. The Morgan fingerprint density at radius 3 is 1.90 bits per heavy atom. The summed E-state index contributed by atoms with van der Waals surface area (Å²) in [6.45, 7) is 0.767. The van der Waals surface area contributed by atoms with Crippen molar-refractivity contribution in [1.82, 2.24) is 29.2 Å². The number of aromatic nitrogens is 5. The van der Waals surface area contributed by atoms with Crippen molar-refractivity contribution < 1.29 is 4.48 Å². The van der Waals surface area contributed by atoms with Crippen molar-refractivity contribution in [3.8, 4) is 28.3 Å². The molecule has 5 aromatic heterocycles. The highest BCUT2D eigenvalue weighted by Gasteiger charge is 2.23. The molecule has 62 heavy (non-hydrogen) atoms. The lowest BCUT2D eigenvalue weighted by molar-refractivity contribution is 0.0695. The third kappa shape index (κ3) is 6.09. The fourth-order valence-corrected chi connectivity index (χ4v) is 10.0. The number of para-hydroxylation sites is 2. The molecule has 0 saturated carbocycles. The molecule has 0 fully saturated rings. The summed E-state index contributed by atoms with van der Waals surface area (Å²) >= 11 is 1.79. The van der Waals surface area contributed by atoms with E-state index in [0.717, 1.165) is 82.6 Å². The molecule has 0 aliphatic heterocycles. The molecule has 0 amide bonds. The fourth-order valence-electron chi connectivity index (χ4n) is 8.97. The van der Waals surface area contributed by atoms with E-state index in [4.69, 9.17) is 9.97 Å². The predicted molar refractivity (Wildman–Crippen MR) is 252 cm³/mol. The van der Waals surface area contributed by atoms with E-state index in [9.17, 15) is 0 Å². The van der Waals surface area contributed by atoms with Crippen LogP contribution in [-0.4, -0.2) is 29.2 Å². The van der Waals surface area contributed by atoms with Crippen molar-refractivity contribution in [2.75, 3.05) is 5.34 Å². The van der Waals surface area contributed by atoms with Gasteiger partial charge >= 0.3 is 0 Å². The van der Waals surface area contributed by atoms with Crippen LogP contribution in [0.5, 0.6) is 0 Å². The molecule has 0 unspecified atom stereocenters. The molecule has 0 saturated heterocycles. The smallest absolute Gasteiger partial charge is 0.159 e. The van der Waals surface area contributed by atoms with E-state index in [0.29, 0.717) is 18.9 Å². The van der Waals surface area contributed by atoms with Crippen LogP contribution in [0.15, 0.2) is 195 Å². The van der Waals surface area contributed by atoms with E-state index in [1.807, 2.05) is 116 Å². The van der Waals surface area contributed by atoms with Crippen molar-refractivity contribution in [3.05, 3.63) is 206 Å². The second-order valence-electron chi connectivity index (χ2n) is 15.6. The first kappa shape index (κ1) is 36.2. The van der Waals surface area contributed by atoms with Gasteiger partial charge in [-0.25, -0.2) is 14.6 Å². The average Bonchev–Trinajstić information content (AvgIpc) is 3.99. The van der Waals surface area contributed by atoms with Crippen LogP contribution in [-0.2, 0) is 13.1 Å². The van der Waals surface area contributed by atoms with Crippen LogP contribution in [0, 0.1) is 0 Å². The fraction of sp³-hybridized carbons (Fsp3) is 0.0377. The molecule has 7 aromatic carbocycles. The van der Waals surface area contributed by atoms with Crippen LogP contribution in [0.1, 0.15) is 11.1 Å². The van der Waals surface area contributed by atoms with Crippen molar-refractivity contribution in [2.24, 2.45) is 0 Å². The Labute approximate surface area is 359 Å². The van der Waals surface area contributed by atoms with Crippen molar-refractivity contribution >= 4 is 75.1 Å². The van der Waals surface area contributed by atoms with Crippen molar-refractivity contribution in [1.29, 1.82) is 0 Å². The Morgan fingerprint density at radius 2 is 1.11 bits per heavy atom. The second kappa shape index (κ2) is 14.8. The SMILES string of the molecule is FN(N(Cc1ccccc1)Cc1ccccc1)n1c2ccccc2c2cc(-c3ccnc(-c4ccc5c(c4)c4ccccc4n5-c4ccc5sc6ccncc6c5c4)n3)ccc21. The Kier molecular flexibility index (Phi) is 8.62. The average molecular weight is 822 g/mol. The molecular weight excluding hydrogens is 786 g/mol. The van der Waals surface area contributed by atoms with E-state index in [1.165, 1.54) is 20.2 Å². The monoisotopic (exact) mass is 821 g/mol. The van der Waals surface area contributed by atoms with Gasteiger partial charge in [0.15, 0.2) is 5.82 Å². The highest BCUT2D eigenvalue weighted by molar-refractivity contribution is 7.25. The quantitative estimate of drug-likeness (QED) is 0.107. The van der Waals surface area contributed by atoms with Crippen LogP contribution in [0.3, 0.4) is 0 Å². The summed E-state index contributed by atoms with van der Waals surface area (Å²) in [4.78, 5) is 14.4. The topological polar surface area (TPSA) is 55.0 Å². The summed E-state index contributed by atoms with van der Waals surface area (Å²) in [7, 11) is 0. The summed E-state index contributed by atoms with van der Waals surface area (Å²) in [5.41, 5.74) is 9.53. The molecule has 9 heteroatoms. The third-order valence-electron chi connectivity index (χ3n) is 11.9. The van der Waals surface area contributed by atoms with Crippen LogP contribution in [0.25, 0.3) is 92.1 Å². The van der Waals surface area contributed by atoms with Gasteiger partial charge in [0, 0.05) is 90.2 Å². The van der Waals surface area contributed by atoms with Gasteiger partial charge in [0.2, 0.25) is 0 Å². The van der Waals surface area contributed by atoms with Gasteiger partial charge in [0.1, 0.15) is 0 Å². The van der Waals surface area contributed by atoms with Gasteiger partial charge in [0.25, 0.3) is 0 Å². The molecule has 12 rings (SSSR count). The highest BCUT2D eigenvalue weighted by atomic mass is 32.1. The lowest BCUT2D eigenvalue weighted by atomic mass is 10.1. The third-order valence-corrected chi connectivity index (χ3v) is 13.0. The number of thiophene rings is 1. The minimum atomic E-state index is 0.383. The maximum Gasteiger partial charge on any atom is 0.159 e. The Bertz CT molecular complexity index is 3590. The van der Waals surface area contributed by atoms with Crippen LogP contribution < -0.4 is 5.34 Å². The van der Waals surface area contributed by atoms with E-state index >= 15 is 4.48 Å². The molecule has 0 atom stereocenters. The van der Waals surface area contributed by atoms with Gasteiger partial charge in [-0.05, 0) is 83.9 Å². The van der Waals surface area contributed by atoms with Gasteiger partial charge in [-0.1, -0.05) is 113 Å². The zero-order valence-corrected chi connectivity index (χ0v) is 34.1. The largest absolute Gasteiger partial charge is 0.309 e. The molecule has 0 aliphatic carbocycles. The zero-order chi connectivity index (χ0) is 41.1. The summed E-state index contributed by atoms with van der Waals surface area (Å²) in [5.74, 6) is 0.634. The maximum absolute atomic E-state index is 17.2. The molecule has 0 N–H and O–H groups in total. The van der Waals surface area contributed by atoms with Gasteiger partial charge in [-0.2, -0.15) is 5.01 Å². The summed E-state index contributed by atoms with van der Waals surface area (Å²) in [6, 6.07) is 60.0. The molecule has 0 aliphatic rings. The number of rotatable bonds is 9. The summed E-state index contributed by atoms with van der Waals surface area (Å²) in [5, 5.41) is 9.06. The first-order chi connectivity index (χ1) is 30.6. The molecule has 0 spiro atoms. The normalized spacial score (nSPS) is 11.9. The zero-order valence-electron chi connectivity index (χ0n) is 33.3. The number of pyridine rings is 1. The van der Waals surface area contributed by atoms with E-state index in [1.54, 1.807) is 21.0 Å². The minimum absolute atomic E-state index is 0.383. The maximum atomic E-state index is 17.2. The first-order valence-corrected chi connectivity index (χ1v) is 21.4. The number of hydrazine groups is 1. The molecule has 7 nitrogen and oxygen atoms in total. The van der Waals surface area contributed by atoms with Gasteiger partial charge in [-0.3, -0.25) is 4.98 Å². The molecule has 12 aromatic rings. The number of fused-ring (bicyclic) bond motifs is 9. The molecule has 296 valence electrons. The standard InChI is InChI=1S/C53H36FN7S/c54-61(58(33-35-11-3-1-4-12-35)34-36-13-5-2-6-14-36)60-49-18-10-8-16-41(49)43-29-37(19-23-50(43)60)46-25-28-56-53(57-46)38-20-22-48-42(30-38)40-15-7-9-17-47(40)59(48)39-21-24-51-44(31-39)45-32-55-27-26-52(45)62-51/h1-32H,33-34H2. The number of hydrogen-bond acceptors (Lipinski definition) is 6. The van der Waals surface area contributed by atoms with Gasteiger partial charge in [0.05, 0.1) is 27.8 Å². The molecule has 0 bridgehead atoms. The van der Waals surface area contributed by atoms with Gasteiger partial charge < -0.3 is 4.57 Å². The number of nitrogens with zero attached hydrogens (tertiary/aromatic N) is 7. The summed E-state index contributed by atoms with van der Waals surface area (Å²) < 4.78 is 23.7.